The van der Waals surface area contributed by atoms with Crippen molar-refractivity contribution in [3.8, 4) is 11.4 Å². The molecule has 4 N–H and O–H groups in total. The third-order valence-electron chi connectivity index (χ3n) is 4.95. The van der Waals surface area contributed by atoms with Gasteiger partial charge in [0.15, 0.2) is 0 Å². The monoisotopic (exact) mass is 376 g/mol. The summed E-state index contributed by atoms with van der Waals surface area (Å²) in [5.41, 5.74) is 3.26. The fraction of sp³-hybridized carbons (Fsp3) is 0.143. The van der Waals surface area contributed by atoms with E-state index in [1.54, 1.807) is 31.2 Å². The molecule has 4 aromatic rings. The van der Waals surface area contributed by atoms with Crippen LogP contribution in [0.1, 0.15) is 34.0 Å². The number of H-pyrrole nitrogens is 3. The summed E-state index contributed by atoms with van der Waals surface area (Å²) in [7, 11) is 0. The number of hydrogen-bond donors (Lipinski definition) is 4. The predicted octanol–water partition coefficient (Wildman–Crippen LogP) is 2.68. The molecule has 0 bridgehead atoms. The average molecular weight is 376 g/mol. The molecule has 7 heteroatoms. The standard InChI is InChI=1S/C21H20N4O3/c1-12-17(20(27)23-22-12)19(14-8-10-16(26)11-9-14)18-13(2)24-25(21(18)28)15-6-4-3-5-7-15/h3-11,19,24,26H,1-2H3,(H2,22,23,27). The van der Waals surface area contributed by atoms with Crippen molar-refractivity contribution in [1.29, 1.82) is 0 Å². The van der Waals surface area contributed by atoms with Crippen LogP contribution in [0.2, 0.25) is 0 Å². The van der Waals surface area contributed by atoms with Crippen LogP contribution in [0.5, 0.6) is 5.75 Å². The van der Waals surface area contributed by atoms with Gasteiger partial charge in [-0.25, -0.2) is 4.68 Å². The van der Waals surface area contributed by atoms with Crippen molar-refractivity contribution >= 4 is 0 Å². The number of aromatic nitrogens is 4. The topological polar surface area (TPSA) is 107 Å². The Kier molecular flexibility index (Phi) is 4.27. The maximum atomic E-state index is 13.3. The van der Waals surface area contributed by atoms with Crippen molar-refractivity contribution in [3.05, 3.63) is 103 Å². The lowest BCUT2D eigenvalue weighted by atomic mass is 9.85. The second kappa shape index (κ2) is 6.77. The molecule has 0 amide bonds. The molecule has 2 heterocycles. The van der Waals surface area contributed by atoms with Gasteiger partial charge >= 0.3 is 0 Å². The van der Waals surface area contributed by atoms with Gasteiger partial charge < -0.3 is 10.2 Å². The minimum atomic E-state index is -0.579. The van der Waals surface area contributed by atoms with Crippen LogP contribution in [0.25, 0.3) is 5.69 Å². The summed E-state index contributed by atoms with van der Waals surface area (Å²) in [6, 6.07) is 15.8. The van der Waals surface area contributed by atoms with E-state index in [-0.39, 0.29) is 16.9 Å². The van der Waals surface area contributed by atoms with Crippen LogP contribution in [0.3, 0.4) is 0 Å². The molecule has 28 heavy (non-hydrogen) atoms. The second-order valence-electron chi connectivity index (χ2n) is 6.77. The number of nitrogens with one attached hydrogen (secondary N) is 3. The van der Waals surface area contributed by atoms with Crippen molar-refractivity contribution in [2.75, 3.05) is 0 Å². The van der Waals surface area contributed by atoms with Crippen molar-refractivity contribution in [1.82, 2.24) is 20.0 Å². The average Bonchev–Trinajstić information content (AvgIpc) is 3.18. The minimum absolute atomic E-state index is 0.120. The van der Waals surface area contributed by atoms with Crippen molar-refractivity contribution < 1.29 is 5.11 Å². The second-order valence-corrected chi connectivity index (χ2v) is 6.77. The number of aromatic amines is 3. The van der Waals surface area contributed by atoms with Gasteiger partial charge in [-0.3, -0.25) is 19.8 Å². The van der Waals surface area contributed by atoms with E-state index in [1.165, 1.54) is 4.68 Å². The van der Waals surface area contributed by atoms with E-state index in [9.17, 15) is 14.7 Å². The molecule has 0 fully saturated rings. The Balaban J connectivity index is 1.99. The lowest BCUT2D eigenvalue weighted by molar-refractivity contribution is 0.475. The van der Waals surface area contributed by atoms with E-state index < -0.39 is 5.92 Å². The van der Waals surface area contributed by atoms with Crippen molar-refractivity contribution in [3.63, 3.8) is 0 Å². The molecule has 0 radical (unpaired) electrons. The zero-order valence-electron chi connectivity index (χ0n) is 15.5. The molecule has 1 unspecified atom stereocenters. The smallest absolute Gasteiger partial charge is 0.275 e. The Morgan fingerprint density at radius 2 is 1.54 bits per heavy atom. The third kappa shape index (κ3) is 2.87. The van der Waals surface area contributed by atoms with Gasteiger partial charge in [-0.2, -0.15) is 0 Å². The number of rotatable bonds is 4. The van der Waals surface area contributed by atoms with Crippen LogP contribution in [-0.4, -0.2) is 25.1 Å². The first-order valence-corrected chi connectivity index (χ1v) is 8.90. The van der Waals surface area contributed by atoms with E-state index in [2.05, 4.69) is 15.3 Å². The van der Waals surface area contributed by atoms with Crippen LogP contribution in [0.4, 0.5) is 0 Å². The highest BCUT2D eigenvalue weighted by atomic mass is 16.3. The SMILES string of the molecule is Cc1[nH][nH]c(=O)c1C(c1ccc(O)cc1)c1c(C)[nH]n(-c2ccccc2)c1=O. The fourth-order valence-corrected chi connectivity index (χ4v) is 3.61. The lowest BCUT2D eigenvalue weighted by Gasteiger charge is -2.16. The molecule has 142 valence electrons. The number of aromatic hydroxyl groups is 1. The summed E-state index contributed by atoms with van der Waals surface area (Å²) < 4.78 is 1.48. The van der Waals surface area contributed by atoms with Gasteiger partial charge in [-0.05, 0) is 43.7 Å². The number of hydrogen-bond acceptors (Lipinski definition) is 3. The van der Waals surface area contributed by atoms with Crippen LogP contribution < -0.4 is 11.1 Å². The molecular formula is C21H20N4O3. The Morgan fingerprint density at radius 1 is 0.857 bits per heavy atom. The summed E-state index contributed by atoms with van der Waals surface area (Å²) in [5.74, 6) is -0.459. The molecule has 2 aromatic carbocycles. The first kappa shape index (κ1) is 17.7. The van der Waals surface area contributed by atoms with E-state index in [1.807, 2.05) is 37.3 Å². The maximum absolute atomic E-state index is 13.3. The van der Waals surface area contributed by atoms with Crippen LogP contribution in [0.15, 0.2) is 64.2 Å². The lowest BCUT2D eigenvalue weighted by Crippen LogP contribution is -2.23. The zero-order valence-corrected chi connectivity index (χ0v) is 15.5. The molecule has 0 aliphatic carbocycles. The third-order valence-corrected chi connectivity index (χ3v) is 4.95. The molecule has 0 aliphatic rings. The molecule has 4 rings (SSSR count). The first-order chi connectivity index (χ1) is 13.5. The summed E-state index contributed by atoms with van der Waals surface area (Å²) in [5, 5.41) is 18.2. The number of nitrogens with zero attached hydrogens (tertiary/aromatic N) is 1. The van der Waals surface area contributed by atoms with Gasteiger partial charge in [-0.15, -0.1) is 0 Å². The summed E-state index contributed by atoms with van der Waals surface area (Å²) in [4.78, 5) is 25.9. The van der Waals surface area contributed by atoms with Gasteiger partial charge in [0.2, 0.25) is 0 Å². The number of phenolic OH excluding ortho intramolecular Hbond substituents is 1. The van der Waals surface area contributed by atoms with E-state index in [0.29, 0.717) is 28.2 Å². The molecule has 0 saturated carbocycles. The van der Waals surface area contributed by atoms with Gasteiger partial charge in [0.25, 0.3) is 11.1 Å². The Bertz CT molecular complexity index is 1230. The van der Waals surface area contributed by atoms with Gasteiger partial charge in [0.05, 0.1) is 16.8 Å². The summed E-state index contributed by atoms with van der Waals surface area (Å²) in [6.45, 7) is 3.61. The number of benzene rings is 2. The van der Waals surface area contributed by atoms with E-state index in [0.717, 1.165) is 5.56 Å². The van der Waals surface area contributed by atoms with Gasteiger partial charge in [0.1, 0.15) is 5.75 Å². The van der Waals surface area contributed by atoms with Gasteiger partial charge in [-0.1, -0.05) is 30.3 Å². The quantitative estimate of drug-likeness (QED) is 0.440. The molecule has 0 spiro atoms. The Hall–Kier alpha value is -3.74. The Labute approximate surface area is 160 Å². The highest BCUT2D eigenvalue weighted by molar-refractivity contribution is 5.47. The Morgan fingerprint density at radius 3 is 2.14 bits per heavy atom. The molecular weight excluding hydrogens is 356 g/mol. The van der Waals surface area contributed by atoms with Crippen molar-refractivity contribution in [2.45, 2.75) is 19.8 Å². The van der Waals surface area contributed by atoms with E-state index in [4.69, 9.17) is 0 Å². The summed E-state index contributed by atoms with van der Waals surface area (Å²) in [6.07, 6.45) is 0. The molecule has 1 atom stereocenters. The predicted molar refractivity (Wildman–Crippen MR) is 106 cm³/mol. The first-order valence-electron chi connectivity index (χ1n) is 8.90. The number of para-hydroxylation sites is 1. The number of phenols is 1. The van der Waals surface area contributed by atoms with Crippen LogP contribution in [-0.2, 0) is 0 Å². The highest BCUT2D eigenvalue weighted by Gasteiger charge is 2.29. The molecule has 7 nitrogen and oxygen atoms in total. The van der Waals surface area contributed by atoms with E-state index >= 15 is 0 Å². The van der Waals surface area contributed by atoms with Crippen LogP contribution in [0, 0.1) is 13.8 Å². The highest BCUT2D eigenvalue weighted by Crippen LogP contribution is 2.32. The molecule has 0 saturated heterocycles. The molecule has 2 aromatic heterocycles. The molecule has 0 aliphatic heterocycles. The minimum Gasteiger partial charge on any atom is -0.508 e. The van der Waals surface area contributed by atoms with Crippen LogP contribution >= 0.6 is 0 Å². The summed E-state index contributed by atoms with van der Waals surface area (Å²) >= 11 is 0. The zero-order chi connectivity index (χ0) is 19.8. The number of aryl methyl sites for hydroxylation is 2. The van der Waals surface area contributed by atoms with Crippen molar-refractivity contribution in [2.24, 2.45) is 0 Å². The largest absolute Gasteiger partial charge is 0.508 e. The fourth-order valence-electron chi connectivity index (χ4n) is 3.61. The maximum Gasteiger partial charge on any atom is 0.275 e. The normalized spacial score (nSPS) is 12.2. The van der Waals surface area contributed by atoms with Gasteiger partial charge in [0, 0.05) is 17.3 Å².